The van der Waals surface area contributed by atoms with Gasteiger partial charge in [0.1, 0.15) is 11.4 Å². The molecular weight excluding hydrogens is 322 g/mol. The highest BCUT2D eigenvalue weighted by molar-refractivity contribution is 7.14. The van der Waals surface area contributed by atoms with Gasteiger partial charge in [0, 0.05) is 17.6 Å². The molecule has 0 atom stereocenters. The van der Waals surface area contributed by atoms with Gasteiger partial charge in [0.15, 0.2) is 5.13 Å². The van der Waals surface area contributed by atoms with E-state index >= 15 is 0 Å². The van der Waals surface area contributed by atoms with Crippen molar-refractivity contribution in [3.05, 3.63) is 71.2 Å². The number of thiazole rings is 1. The molecular formula is C18H17N3O2S. The van der Waals surface area contributed by atoms with E-state index in [0.29, 0.717) is 17.4 Å². The second kappa shape index (κ2) is 7.61. The summed E-state index contributed by atoms with van der Waals surface area (Å²) in [4.78, 5) is 16.5. The van der Waals surface area contributed by atoms with E-state index in [9.17, 15) is 4.79 Å². The SMILES string of the molecule is COc1ccc(CNC(=O)c2csc(Nc3ccccc3)n2)cc1. The van der Waals surface area contributed by atoms with Crippen LogP contribution in [0.3, 0.4) is 0 Å². The van der Waals surface area contributed by atoms with Crippen molar-refractivity contribution in [1.29, 1.82) is 0 Å². The Bertz CT molecular complexity index is 801. The highest BCUT2D eigenvalue weighted by Gasteiger charge is 2.10. The largest absolute Gasteiger partial charge is 0.497 e. The van der Waals surface area contributed by atoms with Crippen molar-refractivity contribution < 1.29 is 9.53 Å². The van der Waals surface area contributed by atoms with Crippen LogP contribution in [-0.2, 0) is 6.54 Å². The van der Waals surface area contributed by atoms with Crippen molar-refractivity contribution >= 4 is 28.1 Å². The van der Waals surface area contributed by atoms with Gasteiger partial charge >= 0.3 is 0 Å². The lowest BCUT2D eigenvalue weighted by atomic mass is 10.2. The van der Waals surface area contributed by atoms with E-state index in [1.54, 1.807) is 12.5 Å². The molecule has 0 saturated heterocycles. The van der Waals surface area contributed by atoms with Crippen LogP contribution in [0.5, 0.6) is 5.75 Å². The number of hydrogen-bond acceptors (Lipinski definition) is 5. The standard InChI is InChI=1S/C18H17N3O2S/c1-23-15-9-7-13(8-10-15)11-19-17(22)16-12-24-18(21-16)20-14-5-3-2-4-6-14/h2-10,12H,11H2,1H3,(H,19,22)(H,20,21). The zero-order valence-corrected chi connectivity index (χ0v) is 14.0. The Balaban J connectivity index is 1.57. The molecule has 122 valence electrons. The molecule has 0 aliphatic rings. The summed E-state index contributed by atoms with van der Waals surface area (Å²) >= 11 is 1.40. The van der Waals surface area contributed by atoms with Gasteiger partial charge < -0.3 is 15.4 Å². The predicted octanol–water partition coefficient (Wildman–Crippen LogP) is 3.83. The Morgan fingerprint density at radius 3 is 2.58 bits per heavy atom. The number of amides is 1. The number of nitrogens with zero attached hydrogens (tertiary/aromatic N) is 1. The van der Waals surface area contributed by atoms with Gasteiger partial charge in [-0.3, -0.25) is 4.79 Å². The van der Waals surface area contributed by atoms with Crippen molar-refractivity contribution in [1.82, 2.24) is 10.3 Å². The first-order valence-corrected chi connectivity index (χ1v) is 8.31. The molecule has 1 amide bonds. The molecule has 0 fully saturated rings. The fourth-order valence-corrected chi connectivity index (χ4v) is 2.81. The van der Waals surface area contributed by atoms with Crippen molar-refractivity contribution in [2.75, 3.05) is 12.4 Å². The fourth-order valence-electron chi connectivity index (χ4n) is 2.10. The van der Waals surface area contributed by atoms with E-state index in [2.05, 4.69) is 15.6 Å². The van der Waals surface area contributed by atoms with Gasteiger partial charge in [0.2, 0.25) is 0 Å². The van der Waals surface area contributed by atoms with E-state index in [0.717, 1.165) is 17.0 Å². The number of benzene rings is 2. The molecule has 1 heterocycles. The normalized spacial score (nSPS) is 10.2. The lowest BCUT2D eigenvalue weighted by Gasteiger charge is -2.05. The van der Waals surface area contributed by atoms with Crippen molar-refractivity contribution in [2.24, 2.45) is 0 Å². The van der Waals surface area contributed by atoms with Gasteiger partial charge in [-0.15, -0.1) is 11.3 Å². The maximum atomic E-state index is 12.2. The molecule has 0 aliphatic heterocycles. The Hall–Kier alpha value is -2.86. The van der Waals surface area contributed by atoms with Gasteiger partial charge in [0.05, 0.1) is 7.11 Å². The molecule has 0 radical (unpaired) electrons. The van der Waals surface area contributed by atoms with Crippen molar-refractivity contribution in [3.63, 3.8) is 0 Å². The van der Waals surface area contributed by atoms with Crippen LogP contribution < -0.4 is 15.4 Å². The first kappa shape index (κ1) is 16.0. The zero-order valence-electron chi connectivity index (χ0n) is 13.2. The van der Waals surface area contributed by atoms with E-state index in [4.69, 9.17) is 4.74 Å². The van der Waals surface area contributed by atoms with Crippen LogP contribution in [0.1, 0.15) is 16.1 Å². The third kappa shape index (κ3) is 4.11. The van der Waals surface area contributed by atoms with Crippen LogP contribution in [0.15, 0.2) is 60.0 Å². The molecule has 3 aromatic rings. The van der Waals surface area contributed by atoms with Crippen molar-refractivity contribution in [2.45, 2.75) is 6.54 Å². The number of para-hydroxylation sites is 1. The van der Waals surface area contributed by atoms with Gasteiger partial charge in [-0.2, -0.15) is 0 Å². The second-order valence-corrected chi connectivity index (χ2v) is 5.92. The summed E-state index contributed by atoms with van der Waals surface area (Å²) < 4.78 is 5.11. The Labute approximate surface area is 144 Å². The van der Waals surface area contributed by atoms with E-state index in [1.807, 2.05) is 54.6 Å². The maximum Gasteiger partial charge on any atom is 0.271 e. The first-order valence-electron chi connectivity index (χ1n) is 7.43. The number of aromatic nitrogens is 1. The summed E-state index contributed by atoms with van der Waals surface area (Å²) in [7, 11) is 1.63. The molecule has 24 heavy (non-hydrogen) atoms. The Morgan fingerprint density at radius 1 is 1.12 bits per heavy atom. The zero-order chi connectivity index (χ0) is 16.8. The number of methoxy groups -OCH3 is 1. The summed E-state index contributed by atoms with van der Waals surface area (Å²) in [5.74, 6) is 0.601. The highest BCUT2D eigenvalue weighted by Crippen LogP contribution is 2.20. The number of carbonyl (C=O) groups excluding carboxylic acids is 1. The minimum absolute atomic E-state index is 0.192. The molecule has 2 N–H and O–H groups in total. The van der Waals surface area contributed by atoms with E-state index in [-0.39, 0.29) is 5.91 Å². The number of hydrogen-bond donors (Lipinski definition) is 2. The molecule has 0 aliphatic carbocycles. The third-order valence-corrected chi connectivity index (χ3v) is 4.13. The third-order valence-electron chi connectivity index (χ3n) is 3.37. The van der Waals surface area contributed by atoms with Gasteiger partial charge in [0.25, 0.3) is 5.91 Å². The van der Waals surface area contributed by atoms with Gasteiger partial charge in [-0.1, -0.05) is 30.3 Å². The highest BCUT2D eigenvalue weighted by atomic mass is 32.1. The lowest BCUT2D eigenvalue weighted by Crippen LogP contribution is -2.23. The lowest BCUT2D eigenvalue weighted by molar-refractivity contribution is 0.0946. The number of anilines is 2. The monoisotopic (exact) mass is 339 g/mol. The average molecular weight is 339 g/mol. The number of rotatable bonds is 6. The summed E-state index contributed by atoms with van der Waals surface area (Å²) in [5, 5.41) is 8.48. The molecule has 6 heteroatoms. The first-order chi connectivity index (χ1) is 11.7. The Kier molecular flexibility index (Phi) is 5.08. The predicted molar refractivity (Wildman–Crippen MR) is 96.0 cm³/mol. The molecule has 0 bridgehead atoms. The fraction of sp³-hybridized carbons (Fsp3) is 0.111. The van der Waals surface area contributed by atoms with Gasteiger partial charge in [-0.25, -0.2) is 4.98 Å². The molecule has 1 aromatic heterocycles. The van der Waals surface area contributed by atoms with Crippen molar-refractivity contribution in [3.8, 4) is 5.75 Å². The van der Waals surface area contributed by atoms with E-state index in [1.165, 1.54) is 11.3 Å². The van der Waals surface area contributed by atoms with Crippen LogP contribution in [-0.4, -0.2) is 18.0 Å². The van der Waals surface area contributed by atoms with Gasteiger partial charge in [-0.05, 0) is 29.8 Å². The molecule has 5 nitrogen and oxygen atoms in total. The minimum atomic E-state index is -0.192. The average Bonchev–Trinajstić information content (AvgIpc) is 3.09. The number of carbonyl (C=O) groups is 1. The Morgan fingerprint density at radius 2 is 1.88 bits per heavy atom. The van der Waals surface area contributed by atoms with Crippen LogP contribution >= 0.6 is 11.3 Å². The van der Waals surface area contributed by atoms with Crippen LogP contribution in [0.4, 0.5) is 10.8 Å². The van der Waals surface area contributed by atoms with E-state index < -0.39 is 0 Å². The minimum Gasteiger partial charge on any atom is -0.497 e. The van der Waals surface area contributed by atoms with Crippen LogP contribution in [0, 0.1) is 0 Å². The molecule has 2 aromatic carbocycles. The molecule has 3 rings (SSSR count). The topological polar surface area (TPSA) is 63.2 Å². The second-order valence-electron chi connectivity index (χ2n) is 5.06. The maximum absolute atomic E-state index is 12.2. The summed E-state index contributed by atoms with van der Waals surface area (Å²) in [6.07, 6.45) is 0. The van der Waals surface area contributed by atoms with Crippen LogP contribution in [0.25, 0.3) is 0 Å². The molecule has 0 spiro atoms. The summed E-state index contributed by atoms with van der Waals surface area (Å²) in [6, 6.07) is 17.3. The smallest absolute Gasteiger partial charge is 0.271 e. The molecule has 0 unspecified atom stereocenters. The van der Waals surface area contributed by atoms with Crippen LogP contribution in [0.2, 0.25) is 0 Å². The number of nitrogens with one attached hydrogen (secondary N) is 2. The summed E-state index contributed by atoms with van der Waals surface area (Å²) in [5.41, 5.74) is 2.35. The quantitative estimate of drug-likeness (QED) is 0.716. The summed E-state index contributed by atoms with van der Waals surface area (Å²) in [6.45, 7) is 0.446. The number of ether oxygens (including phenoxy) is 1. The molecule has 0 saturated carbocycles.